The van der Waals surface area contributed by atoms with Crippen LogP contribution < -0.4 is 10.6 Å². The molecule has 0 bridgehead atoms. The van der Waals surface area contributed by atoms with E-state index in [0.29, 0.717) is 0 Å². The quantitative estimate of drug-likeness (QED) is 0.636. The Bertz CT molecular complexity index is 232. The van der Waals surface area contributed by atoms with E-state index in [2.05, 4.69) is 17.6 Å². The highest BCUT2D eigenvalue weighted by atomic mass is 16.5. The van der Waals surface area contributed by atoms with Gasteiger partial charge in [-0.25, -0.2) is 0 Å². The Labute approximate surface area is 98.3 Å². The first-order chi connectivity index (χ1) is 7.77. The summed E-state index contributed by atoms with van der Waals surface area (Å²) in [6, 6.07) is 0.816. The van der Waals surface area contributed by atoms with Gasteiger partial charge in [0, 0.05) is 25.7 Å². The van der Waals surface area contributed by atoms with Crippen LogP contribution in [0.5, 0.6) is 0 Å². The third-order valence-corrected chi connectivity index (χ3v) is 4.19. The molecule has 0 aromatic heterocycles. The van der Waals surface area contributed by atoms with Crippen molar-refractivity contribution in [1.29, 1.82) is 0 Å². The third kappa shape index (κ3) is 2.58. The molecule has 1 aliphatic heterocycles. The second kappa shape index (κ2) is 4.28. The van der Waals surface area contributed by atoms with Crippen LogP contribution in [0.1, 0.15) is 32.6 Å². The molecule has 0 aromatic rings. The van der Waals surface area contributed by atoms with Crippen LogP contribution in [0.2, 0.25) is 0 Å². The average molecular weight is 224 g/mol. The largest absolute Gasteiger partial charge is 0.371 e. The van der Waals surface area contributed by atoms with Crippen molar-refractivity contribution in [2.75, 3.05) is 26.2 Å². The Balaban J connectivity index is 1.32. The molecule has 2 aliphatic carbocycles. The van der Waals surface area contributed by atoms with E-state index in [1.807, 2.05) is 0 Å². The zero-order chi connectivity index (χ0) is 11.0. The topological polar surface area (TPSA) is 33.3 Å². The molecule has 92 valence electrons. The molecule has 2 saturated carbocycles. The van der Waals surface area contributed by atoms with Crippen molar-refractivity contribution in [3.63, 3.8) is 0 Å². The number of hydrogen-bond donors (Lipinski definition) is 2. The van der Waals surface area contributed by atoms with Crippen molar-refractivity contribution in [3.05, 3.63) is 0 Å². The predicted octanol–water partition coefficient (Wildman–Crippen LogP) is 1.14. The zero-order valence-corrected chi connectivity index (χ0v) is 10.3. The zero-order valence-electron chi connectivity index (χ0n) is 10.3. The van der Waals surface area contributed by atoms with Crippen molar-refractivity contribution in [1.82, 2.24) is 10.6 Å². The normalized spacial score (nSPS) is 28.1. The summed E-state index contributed by atoms with van der Waals surface area (Å²) in [5.74, 6) is 1.99. The fourth-order valence-corrected chi connectivity index (χ4v) is 2.73. The summed E-state index contributed by atoms with van der Waals surface area (Å²) in [5.41, 5.74) is 0.121. The molecule has 0 aromatic carbocycles. The Morgan fingerprint density at radius 1 is 1.25 bits per heavy atom. The average Bonchev–Trinajstić information content (AvgIpc) is 3.07. The second-order valence-corrected chi connectivity index (χ2v) is 6.06. The van der Waals surface area contributed by atoms with Gasteiger partial charge in [-0.15, -0.1) is 0 Å². The van der Waals surface area contributed by atoms with Crippen molar-refractivity contribution in [2.24, 2.45) is 11.8 Å². The molecule has 0 amide bonds. The van der Waals surface area contributed by atoms with E-state index in [-0.39, 0.29) is 5.60 Å². The highest BCUT2D eigenvalue weighted by Gasteiger charge is 2.41. The minimum atomic E-state index is 0.121. The Morgan fingerprint density at radius 2 is 1.88 bits per heavy atom. The summed E-state index contributed by atoms with van der Waals surface area (Å²) in [4.78, 5) is 0. The fraction of sp³-hybridized carbons (Fsp3) is 1.00. The third-order valence-electron chi connectivity index (χ3n) is 4.19. The van der Waals surface area contributed by atoms with Crippen LogP contribution in [0.4, 0.5) is 0 Å². The van der Waals surface area contributed by atoms with Crippen LogP contribution in [0.15, 0.2) is 0 Å². The van der Waals surface area contributed by atoms with E-state index in [1.165, 1.54) is 25.7 Å². The van der Waals surface area contributed by atoms with Crippen LogP contribution in [0.3, 0.4) is 0 Å². The number of rotatable bonds is 7. The maximum Gasteiger partial charge on any atom is 0.0902 e. The van der Waals surface area contributed by atoms with Crippen LogP contribution in [-0.4, -0.2) is 37.9 Å². The Kier molecular flexibility index (Phi) is 2.94. The van der Waals surface area contributed by atoms with Gasteiger partial charge < -0.3 is 15.4 Å². The van der Waals surface area contributed by atoms with E-state index in [9.17, 15) is 0 Å². The van der Waals surface area contributed by atoms with Gasteiger partial charge in [0.25, 0.3) is 0 Å². The SMILES string of the molecule is CC1(OCCNC(C2CC2)C2CC2)CNC1. The van der Waals surface area contributed by atoms with E-state index in [4.69, 9.17) is 4.74 Å². The summed E-state index contributed by atoms with van der Waals surface area (Å²) < 4.78 is 5.89. The van der Waals surface area contributed by atoms with Crippen molar-refractivity contribution in [2.45, 2.75) is 44.2 Å². The summed E-state index contributed by atoms with van der Waals surface area (Å²) >= 11 is 0. The van der Waals surface area contributed by atoms with Gasteiger partial charge in [-0.1, -0.05) is 0 Å². The molecule has 0 unspecified atom stereocenters. The monoisotopic (exact) mass is 224 g/mol. The van der Waals surface area contributed by atoms with Crippen molar-refractivity contribution in [3.8, 4) is 0 Å². The van der Waals surface area contributed by atoms with Gasteiger partial charge in [-0.2, -0.15) is 0 Å². The maximum atomic E-state index is 5.89. The first kappa shape index (κ1) is 11.0. The van der Waals surface area contributed by atoms with Crippen LogP contribution in [0, 0.1) is 11.8 Å². The second-order valence-electron chi connectivity index (χ2n) is 6.06. The van der Waals surface area contributed by atoms with Crippen molar-refractivity contribution >= 4 is 0 Å². The van der Waals surface area contributed by atoms with Crippen LogP contribution in [0.25, 0.3) is 0 Å². The Morgan fingerprint density at radius 3 is 2.31 bits per heavy atom. The highest BCUT2D eigenvalue weighted by molar-refractivity contribution is 4.96. The molecule has 0 radical (unpaired) electrons. The van der Waals surface area contributed by atoms with Gasteiger partial charge in [0.05, 0.1) is 12.2 Å². The molecule has 3 rings (SSSR count). The lowest BCUT2D eigenvalue weighted by Gasteiger charge is -2.39. The molecule has 3 aliphatic rings. The molecule has 3 fully saturated rings. The van der Waals surface area contributed by atoms with Gasteiger partial charge in [0.15, 0.2) is 0 Å². The lowest BCUT2D eigenvalue weighted by atomic mass is 10.0. The highest BCUT2D eigenvalue weighted by Crippen LogP contribution is 2.44. The summed E-state index contributed by atoms with van der Waals surface area (Å²) in [5, 5.41) is 6.98. The van der Waals surface area contributed by atoms with Gasteiger partial charge in [-0.05, 0) is 44.4 Å². The molecule has 3 heteroatoms. The molecular formula is C13H24N2O. The van der Waals surface area contributed by atoms with Gasteiger partial charge in [0.2, 0.25) is 0 Å². The molecule has 2 N–H and O–H groups in total. The standard InChI is InChI=1S/C13H24N2O/c1-13(8-14-9-13)16-7-6-15-12(10-2-3-10)11-4-5-11/h10-12,14-15H,2-9H2,1H3. The lowest BCUT2D eigenvalue weighted by Crippen LogP contribution is -2.59. The van der Waals surface area contributed by atoms with Gasteiger partial charge in [-0.3, -0.25) is 0 Å². The van der Waals surface area contributed by atoms with E-state index >= 15 is 0 Å². The fourth-order valence-electron chi connectivity index (χ4n) is 2.73. The molecule has 0 spiro atoms. The minimum absolute atomic E-state index is 0.121. The number of nitrogens with one attached hydrogen (secondary N) is 2. The summed E-state index contributed by atoms with van der Waals surface area (Å²) in [7, 11) is 0. The number of hydrogen-bond acceptors (Lipinski definition) is 3. The van der Waals surface area contributed by atoms with E-state index in [1.54, 1.807) is 0 Å². The first-order valence-electron chi connectivity index (χ1n) is 6.85. The minimum Gasteiger partial charge on any atom is -0.371 e. The van der Waals surface area contributed by atoms with Crippen LogP contribution >= 0.6 is 0 Å². The summed E-state index contributed by atoms with van der Waals surface area (Å²) in [6.45, 7) is 6.13. The molecule has 1 heterocycles. The van der Waals surface area contributed by atoms with Gasteiger partial charge in [0.1, 0.15) is 0 Å². The van der Waals surface area contributed by atoms with E-state index in [0.717, 1.165) is 44.1 Å². The molecule has 1 saturated heterocycles. The van der Waals surface area contributed by atoms with Crippen molar-refractivity contribution < 1.29 is 4.74 Å². The molecular weight excluding hydrogens is 200 g/mol. The van der Waals surface area contributed by atoms with Gasteiger partial charge >= 0.3 is 0 Å². The van der Waals surface area contributed by atoms with Crippen LogP contribution in [-0.2, 0) is 4.74 Å². The smallest absolute Gasteiger partial charge is 0.0902 e. The number of ether oxygens (including phenoxy) is 1. The molecule has 16 heavy (non-hydrogen) atoms. The first-order valence-corrected chi connectivity index (χ1v) is 6.85. The lowest BCUT2D eigenvalue weighted by molar-refractivity contribution is -0.0655. The maximum absolute atomic E-state index is 5.89. The molecule has 3 nitrogen and oxygen atoms in total. The predicted molar refractivity (Wildman–Crippen MR) is 64.5 cm³/mol. The Hall–Kier alpha value is -0.120. The molecule has 0 atom stereocenters. The van der Waals surface area contributed by atoms with E-state index < -0.39 is 0 Å². The summed E-state index contributed by atoms with van der Waals surface area (Å²) in [6.07, 6.45) is 5.82.